The molecule has 16 heavy (non-hydrogen) atoms. The van der Waals surface area contributed by atoms with Gasteiger partial charge in [-0.15, -0.1) is 0 Å². The van der Waals surface area contributed by atoms with Gasteiger partial charge in [0.25, 0.3) is 0 Å². The third kappa shape index (κ3) is 2.86. The SMILES string of the molecule is C=Cc1c(OC(C)C)cccc1C(C)CO. The van der Waals surface area contributed by atoms with E-state index in [1.165, 1.54) is 0 Å². The molecule has 2 nitrogen and oxygen atoms in total. The summed E-state index contributed by atoms with van der Waals surface area (Å²) in [5.41, 5.74) is 2.06. The van der Waals surface area contributed by atoms with Crippen molar-refractivity contribution in [1.82, 2.24) is 0 Å². The largest absolute Gasteiger partial charge is 0.490 e. The van der Waals surface area contributed by atoms with E-state index in [0.717, 1.165) is 16.9 Å². The molecule has 0 spiro atoms. The quantitative estimate of drug-likeness (QED) is 0.825. The van der Waals surface area contributed by atoms with Crippen LogP contribution in [0.2, 0.25) is 0 Å². The molecule has 0 radical (unpaired) electrons. The molecule has 0 saturated heterocycles. The molecule has 0 aliphatic heterocycles. The maximum absolute atomic E-state index is 9.21. The molecular formula is C14H20O2. The summed E-state index contributed by atoms with van der Waals surface area (Å²) in [6.45, 7) is 9.92. The Bertz CT molecular complexity index is 356. The van der Waals surface area contributed by atoms with E-state index in [1.54, 1.807) is 6.08 Å². The van der Waals surface area contributed by atoms with E-state index in [-0.39, 0.29) is 18.6 Å². The Morgan fingerprint density at radius 2 is 2.06 bits per heavy atom. The van der Waals surface area contributed by atoms with Crippen molar-refractivity contribution in [3.05, 3.63) is 35.9 Å². The number of ether oxygens (including phenoxy) is 1. The number of aliphatic hydroxyl groups excluding tert-OH is 1. The fraction of sp³-hybridized carbons (Fsp3) is 0.429. The van der Waals surface area contributed by atoms with Gasteiger partial charge < -0.3 is 9.84 Å². The molecule has 0 fully saturated rings. The fourth-order valence-corrected chi connectivity index (χ4v) is 1.66. The molecule has 1 N–H and O–H groups in total. The van der Waals surface area contributed by atoms with E-state index in [0.29, 0.717) is 0 Å². The minimum Gasteiger partial charge on any atom is -0.490 e. The van der Waals surface area contributed by atoms with E-state index in [2.05, 4.69) is 6.58 Å². The van der Waals surface area contributed by atoms with Crippen LogP contribution >= 0.6 is 0 Å². The minimum absolute atomic E-state index is 0.101. The molecule has 2 heteroatoms. The van der Waals surface area contributed by atoms with Crippen LogP contribution in [0.3, 0.4) is 0 Å². The Balaban J connectivity index is 3.15. The molecule has 1 atom stereocenters. The molecule has 0 bridgehead atoms. The smallest absolute Gasteiger partial charge is 0.127 e. The van der Waals surface area contributed by atoms with Gasteiger partial charge in [-0.3, -0.25) is 0 Å². The highest BCUT2D eigenvalue weighted by molar-refractivity contribution is 5.60. The molecule has 88 valence electrons. The lowest BCUT2D eigenvalue weighted by molar-refractivity contribution is 0.240. The second-order valence-electron chi connectivity index (χ2n) is 4.21. The number of hydrogen-bond acceptors (Lipinski definition) is 2. The van der Waals surface area contributed by atoms with Crippen LogP contribution in [0.4, 0.5) is 0 Å². The maximum atomic E-state index is 9.21. The zero-order chi connectivity index (χ0) is 12.1. The minimum atomic E-state index is 0.101. The maximum Gasteiger partial charge on any atom is 0.127 e. The van der Waals surface area contributed by atoms with Gasteiger partial charge in [0.1, 0.15) is 5.75 Å². The van der Waals surface area contributed by atoms with Gasteiger partial charge in [-0.05, 0) is 25.5 Å². The van der Waals surface area contributed by atoms with Crippen LogP contribution < -0.4 is 4.74 Å². The Labute approximate surface area is 97.6 Å². The predicted octanol–water partition coefficient (Wildman–Crippen LogP) is 3.21. The number of aliphatic hydroxyl groups is 1. The molecule has 0 aliphatic carbocycles. The second-order valence-corrected chi connectivity index (χ2v) is 4.21. The van der Waals surface area contributed by atoms with Gasteiger partial charge in [0.2, 0.25) is 0 Å². The monoisotopic (exact) mass is 220 g/mol. The van der Waals surface area contributed by atoms with Crippen LogP contribution in [0.25, 0.3) is 6.08 Å². The van der Waals surface area contributed by atoms with Crippen LogP contribution in [0.5, 0.6) is 5.75 Å². The molecule has 1 aromatic rings. The molecule has 1 unspecified atom stereocenters. The molecule has 0 amide bonds. The van der Waals surface area contributed by atoms with Crippen LogP contribution in [0.1, 0.15) is 37.8 Å². The van der Waals surface area contributed by atoms with Gasteiger partial charge in [0, 0.05) is 18.1 Å². The standard InChI is InChI=1S/C14H20O2/c1-5-12-13(11(4)9-15)7-6-8-14(12)16-10(2)3/h5-8,10-11,15H,1,9H2,2-4H3. The molecule has 1 aromatic carbocycles. The summed E-state index contributed by atoms with van der Waals surface area (Å²) in [5.74, 6) is 0.937. The van der Waals surface area contributed by atoms with Crippen molar-refractivity contribution in [3.63, 3.8) is 0 Å². The van der Waals surface area contributed by atoms with Gasteiger partial charge in [-0.25, -0.2) is 0 Å². The van der Waals surface area contributed by atoms with Crippen molar-refractivity contribution in [3.8, 4) is 5.75 Å². The lowest BCUT2D eigenvalue weighted by Gasteiger charge is -2.18. The van der Waals surface area contributed by atoms with E-state index >= 15 is 0 Å². The van der Waals surface area contributed by atoms with Crippen LogP contribution in [0.15, 0.2) is 24.8 Å². The van der Waals surface area contributed by atoms with E-state index in [4.69, 9.17) is 4.74 Å². The van der Waals surface area contributed by atoms with Crippen molar-refractivity contribution in [1.29, 1.82) is 0 Å². The van der Waals surface area contributed by atoms with Gasteiger partial charge >= 0.3 is 0 Å². The molecular weight excluding hydrogens is 200 g/mol. The number of hydrogen-bond donors (Lipinski definition) is 1. The van der Waals surface area contributed by atoms with E-state index < -0.39 is 0 Å². The first-order valence-corrected chi connectivity index (χ1v) is 5.63. The first-order valence-electron chi connectivity index (χ1n) is 5.63. The topological polar surface area (TPSA) is 29.5 Å². The van der Waals surface area contributed by atoms with Crippen molar-refractivity contribution in [2.24, 2.45) is 0 Å². The summed E-state index contributed by atoms with van der Waals surface area (Å²) in [5, 5.41) is 9.21. The van der Waals surface area contributed by atoms with Crippen molar-refractivity contribution in [2.75, 3.05) is 6.61 Å². The third-order valence-corrected chi connectivity index (χ3v) is 2.47. The zero-order valence-corrected chi connectivity index (χ0v) is 10.2. The Hall–Kier alpha value is -1.28. The highest BCUT2D eigenvalue weighted by atomic mass is 16.5. The van der Waals surface area contributed by atoms with Gasteiger partial charge in [0.05, 0.1) is 6.10 Å². The Morgan fingerprint density at radius 3 is 2.56 bits per heavy atom. The molecule has 1 rings (SSSR count). The highest BCUT2D eigenvalue weighted by Gasteiger charge is 2.12. The summed E-state index contributed by atoms with van der Waals surface area (Å²) >= 11 is 0. The molecule has 0 heterocycles. The summed E-state index contributed by atoms with van der Waals surface area (Å²) in [4.78, 5) is 0. The van der Waals surface area contributed by atoms with Crippen molar-refractivity contribution < 1.29 is 9.84 Å². The third-order valence-electron chi connectivity index (χ3n) is 2.47. The fourth-order valence-electron chi connectivity index (χ4n) is 1.66. The molecule has 0 aliphatic rings. The Kier molecular flexibility index (Phi) is 4.56. The first kappa shape index (κ1) is 12.8. The summed E-state index contributed by atoms with van der Waals surface area (Å²) in [6.07, 6.45) is 1.93. The first-order chi connectivity index (χ1) is 7.60. The average molecular weight is 220 g/mol. The Morgan fingerprint density at radius 1 is 1.38 bits per heavy atom. The van der Waals surface area contributed by atoms with Crippen LogP contribution in [-0.4, -0.2) is 17.8 Å². The van der Waals surface area contributed by atoms with Gasteiger partial charge in [0.15, 0.2) is 0 Å². The lowest BCUT2D eigenvalue weighted by Crippen LogP contribution is -2.09. The average Bonchev–Trinajstić information content (AvgIpc) is 2.27. The second kappa shape index (κ2) is 5.71. The number of benzene rings is 1. The summed E-state index contributed by atoms with van der Waals surface area (Å²) in [6, 6.07) is 5.89. The van der Waals surface area contributed by atoms with E-state index in [9.17, 15) is 5.11 Å². The predicted molar refractivity (Wildman–Crippen MR) is 67.8 cm³/mol. The zero-order valence-electron chi connectivity index (χ0n) is 10.2. The normalized spacial score (nSPS) is 12.6. The molecule has 0 aromatic heterocycles. The van der Waals surface area contributed by atoms with Crippen molar-refractivity contribution >= 4 is 6.08 Å². The summed E-state index contributed by atoms with van der Waals surface area (Å²) < 4.78 is 5.72. The van der Waals surface area contributed by atoms with Gasteiger partial charge in [-0.1, -0.05) is 31.7 Å². The number of rotatable bonds is 5. The van der Waals surface area contributed by atoms with Gasteiger partial charge in [-0.2, -0.15) is 0 Å². The van der Waals surface area contributed by atoms with Crippen molar-refractivity contribution in [2.45, 2.75) is 32.8 Å². The van der Waals surface area contributed by atoms with E-state index in [1.807, 2.05) is 39.0 Å². The highest BCUT2D eigenvalue weighted by Crippen LogP contribution is 2.29. The van der Waals surface area contributed by atoms with Crippen LogP contribution in [-0.2, 0) is 0 Å². The summed E-state index contributed by atoms with van der Waals surface area (Å²) in [7, 11) is 0. The van der Waals surface area contributed by atoms with Crippen LogP contribution in [0, 0.1) is 0 Å². The molecule has 0 saturated carbocycles. The lowest BCUT2D eigenvalue weighted by atomic mass is 9.95.